The number of nitrogens with zero attached hydrogens (tertiary/aromatic N) is 3. The Morgan fingerprint density at radius 1 is 1.07 bits per heavy atom. The number of ether oxygens (including phenoxy) is 1. The standard InChI is InChI=1S/C23H20N4O.ClH/c1-23(25,22-14-26-15-27(22)2)19-9-7-18(13-24)21(12-19)28-20-10-8-16-5-3-4-6-17(16)11-20;/h3-12,14-15H,25H2,1-2H3;1H. The van der Waals surface area contributed by atoms with E-state index in [0.717, 1.165) is 22.0 Å². The predicted molar refractivity (Wildman–Crippen MR) is 116 cm³/mol. The molecule has 0 aliphatic rings. The molecular formula is C23H21ClN4O. The van der Waals surface area contributed by atoms with Gasteiger partial charge < -0.3 is 15.0 Å². The van der Waals surface area contributed by atoms with Gasteiger partial charge in [-0.1, -0.05) is 36.4 Å². The molecule has 0 aliphatic heterocycles. The van der Waals surface area contributed by atoms with Crippen molar-refractivity contribution in [2.24, 2.45) is 12.8 Å². The third kappa shape index (κ3) is 3.81. The Balaban J connectivity index is 0.00000240. The average Bonchev–Trinajstić information content (AvgIpc) is 3.14. The van der Waals surface area contributed by atoms with Crippen LogP contribution in [0.25, 0.3) is 10.8 Å². The number of nitrogens with two attached hydrogens (primary N) is 1. The fourth-order valence-electron chi connectivity index (χ4n) is 3.39. The van der Waals surface area contributed by atoms with E-state index in [1.807, 2.05) is 73.1 Å². The van der Waals surface area contributed by atoms with Crippen molar-refractivity contribution in [3.63, 3.8) is 0 Å². The van der Waals surface area contributed by atoms with Crippen molar-refractivity contribution in [1.29, 1.82) is 5.26 Å². The molecule has 146 valence electrons. The summed E-state index contributed by atoms with van der Waals surface area (Å²) in [6.45, 7) is 1.92. The second kappa shape index (κ2) is 7.96. The van der Waals surface area contributed by atoms with Crippen LogP contribution in [0.15, 0.2) is 73.2 Å². The van der Waals surface area contributed by atoms with Crippen LogP contribution >= 0.6 is 12.4 Å². The number of aryl methyl sites for hydroxylation is 1. The lowest BCUT2D eigenvalue weighted by Crippen LogP contribution is -2.36. The molecule has 2 N–H and O–H groups in total. The summed E-state index contributed by atoms with van der Waals surface area (Å²) in [5.41, 5.74) is 8.02. The first kappa shape index (κ1) is 20.4. The maximum atomic E-state index is 9.51. The van der Waals surface area contributed by atoms with Crippen molar-refractivity contribution in [2.45, 2.75) is 12.5 Å². The summed E-state index contributed by atoms with van der Waals surface area (Å²) in [5.74, 6) is 1.15. The van der Waals surface area contributed by atoms with Crippen LogP contribution in [0.4, 0.5) is 0 Å². The highest BCUT2D eigenvalue weighted by atomic mass is 35.5. The average molecular weight is 405 g/mol. The van der Waals surface area contributed by atoms with Gasteiger partial charge in [-0.2, -0.15) is 5.26 Å². The highest BCUT2D eigenvalue weighted by Gasteiger charge is 2.28. The molecule has 1 unspecified atom stereocenters. The van der Waals surface area contributed by atoms with Gasteiger partial charge in [-0.25, -0.2) is 4.98 Å². The van der Waals surface area contributed by atoms with Gasteiger partial charge in [-0.05, 0) is 47.5 Å². The quantitative estimate of drug-likeness (QED) is 0.525. The van der Waals surface area contributed by atoms with Crippen molar-refractivity contribution in [2.75, 3.05) is 0 Å². The summed E-state index contributed by atoms with van der Waals surface area (Å²) in [7, 11) is 1.91. The summed E-state index contributed by atoms with van der Waals surface area (Å²) < 4.78 is 7.98. The van der Waals surface area contributed by atoms with Crippen molar-refractivity contribution in [1.82, 2.24) is 9.55 Å². The molecule has 0 spiro atoms. The van der Waals surface area contributed by atoms with Crippen LogP contribution < -0.4 is 10.5 Å². The highest BCUT2D eigenvalue weighted by Crippen LogP contribution is 2.33. The number of fused-ring (bicyclic) bond motifs is 1. The molecule has 6 heteroatoms. The molecular weight excluding hydrogens is 384 g/mol. The monoisotopic (exact) mass is 404 g/mol. The highest BCUT2D eigenvalue weighted by molar-refractivity contribution is 5.85. The lowest BCUT2D eigenvalue weighted by atomic mass is 9.89. The summed E-state index contributed by atoms with van der Waals surface area (Å²) in [5, 5.41) is 11.7. The molecule has 0 aliphatic carbocycles. The smallest absolute Gasteiger partial charge is 0.145 e. The van der Waals surface area contributed by atoms with Gasteiger partial charge in [0.05, 0.1) is 29.3 Å². The van der Waals surface area contributed by atoms with Crippen molar-refractivity contribution in [3.05, 3.63) is 90.0 Å². The number of nitriles is 1. The van der Waals surface area contributed by atoms with Gasteiger partial charge in [-0.3, -0.25) is 0 Å². The van der Waals surface area contributed by atoms with E-state index in [9.17, 15) is 5.26 Å². The number of halogens is 1. The minimum absolute atomic E-state index is 0. The Labute approximate surface area is 175 Å². The molecule has 0 amide bonds. The first-order chi connectivity index (χ1) is 13.5. The van der Waals surface area contributed by atoms with Gasteiger partial charge in [0.1, 0.15) is 17.6 Å². The van der Waals surface area contributed by atoms with Crippen molar-refractivity contribution >= 4 is 23.2 Å². The zero-order valence-electron chi connectivity index (χ0n) is 16.2. The molecule has 1 aromatic heterocycles. The van der Waals surface area contributed by atoms with Crippen molar-refractivity contribution < 1.29 is 4.74 Å². The Kier molecular flexibility index (Phi) is 5.60. The summed E-state index contributed by atoms with van der Waals surface area (Å²) in [4.78, 5) is 4.17. The molecule has 5 nitrogen and oxygen atoms in total. The molecule has 0 bridgehead atoms. The van der Waals surface area contributed by atoms with Gasteiger partial charge in [0.15, 0.2) is 0 Å². The molecule has 0 saturated heterocycles. The SMILES string of the molecule is Cl.Cn1cncc1C(C)(N)c1ccc(C#N)c(Oc2ccc3ccccc3c2)c1. The molecule has 0 fully saturated rings. The van der Waals surface area contributed by atoms with Gasteiger partial charge in [0.2, 0.25) is 0 Å². The van der Waals surface area contributed by atoms with Gasteiger partial charge >= 0.3 is 0 Å². The van der Waals surface area contributed by atoms with Crippen LogP contribution in [0.5, 0.6) is 11.5 Å². The normalized spacial score (nSPS) is 12.6. The third-order valence-electron chi connectivity index (χ3n) is 5.00. The zero-order chi connectivity index (χ0) is 19.7. The Morgan fingerprint density at radius 3 is 2.52 bits per heavy atom. The Morgan fingerprint density at radius 2 is 1.83 bits per heavy atom. The van der Waals surface area contributed by atoms with Crippen LogP contribution in [-0.4, -0.2) is 9.55 Å². The lowest BCUT2D eigenvalue weighted by molar-refractivity contribution is 0.476. The molecule has 4 aromatic rings. The fourth-order valence-corrected chi connectivity index (χ4v) is 3.39. The van der Waals surface area contributed by atoms with E-state index in [-0.39, 0.29) is 12.4 Å². The topological polar surface area (TPSA) is 76.9 Å². The van der Waals surface area contributed by atoms with Gasteiger partial charge in [-0.15, -0.1) is 12.4 Å². The van der Waals surface area contributed by atoms with E-state index in [2.05, 4.69) is 11.1 Å². The Hall–Kier alpha value is -3.33. The Bertz CT molecular complexity index is 1210. The van der Waals surface area contributed by atoms with Crippen LogP contribution in [-0.2, 0) is 12.6 Å². The maximum Gasteiger partial charge on any atom is 0.145 e. The second-order valence-electron chi connectivity index (χ2n) is 7.03. The van der Waals surface area contributed by atoms with Gasteiger partial charge in [0.25, 0.3) is 0 Å². The zero-order valence-corrected chi connectivity index (χ0v) is 17.0. The minimum Gasteiger partial charge on any atom is -0.456 e. The number of aromatic nitrogens is 2. The van der Waals surface area contributed by atoms with Crippen LogP contribution in [0.2, 0.25) is 0 Å². The van der Waals surface area contributed by atoms with E-state index < -0.39 is 5.54 Å². The van der Waals surface area contributed by atoms with Crippen molar-refractivity contribution in [3.8, 4) is 17.6 Å². The van der Waals surface area contributed by atoms with E-state index in [1.165, 1.54) is 0 Å². The number of hydrogen-bond acceptors (Lipinski definition) is 4. The number of imidazole rings is 1. The van der Waals surface area contributed by atoms with Gasteiger partial charge in [0, 0.05) is 7.05 Å². The molecule has 4 rings (SSSR count). The van der Waals surface area contributed by atoms with Crippen LogP contribution in [0, 0.1) is 11.3 Å². The molecule has 0 radical (unpaired) electrons. The summed E-state index contributed by atoms with van der Waals surface area (Å²) >= 11 is 0. The third-order valence-corrected chi connectivity index (χ3v) is 5.00. The fraction of sp³-hybridized carbons (Fsp3) is 0.130. The predicted octanol–water partition coefficient (Wildman–Crippen LogP) is 4.88. The lowest BCUT2D eigenvalue weighted by Gasteiger charge is -2.26. The number of benzene rings is 3. The van der Waals surface area contributed by atoms with E-state index in [4.69, 9.17) is 10.5 Å². The van der Waals surface area contributed by atoms with E-state index in [1.54, 1.807) is 18.6 Å². The van der Waals surface area contributed by atoms with E-state index >= 15 is 0 Å². The molecule has 3 aromatic carbocycles. The summed E-state index contributed by atoms with van der Waals surface area (Å²) in [6, 6.07) is 21.6. The van der Waals surface area contributed by atoms with Crippen LogP contribution in [0.1, 0.15) is 23.7 Å². The largest absolute Gasteiger partial charge is 0.456 e. The molecule has 1 atom stereocenters. The van der Waals surface area contributed by atoms with E-state index in [0.29, 0.717) is 17.1 Å². The first-order valence-electron chi connectivity index (χ1n) is 8.96. The minimum atomic E-state index is -0.777. The first-order valence-corrected chi connectivity index (χ1v) is 8.96. The molecule has 29 heavy (non-hydrogen) atoms. The maximum absolute atomic E-state index is 9.51. The van der Waals surface area contributed by atoms with Crippen LogP contribution in [0.3, 0.4) is 0 Å². The second-order valence-corrected chi connectivity index (χ2v) is 7.03. The number of hydrogen-bond donors (Lipinski definition) is 1. The number of rotatable bonds is 4. The molecule has 0 saturated carbocycles. The summed E-state index contributed by atoms with van der Waals surface area (Å²) in [6.07, 6.45) is 3.47. The molecule has 1 heterocycles.